The Morgan fingerprint density at radius 1 is 1.26 bits per heavy atom. The molecular weight excluding hydrogens is 313 g/mol. The highest BCUT2D eigenvalue weighted by molar-refractivity contribution is 5.97. The van der Waals surface area contributed by atoms with Crippen molar-refractivity contribution >= 4 is 16.8 Å². The molecule has 9 heteroatoms. The highest BCUT2D eigenvalue weighted by Gasteiger charge is 2.30. The first-order chi connectivity index (χ1) is 10.8. The molecule has 3 rings (SSSR count). The molecule has 0 atom stereocenters. The van der Waals surface area contributed by atoms with Crippen LogP contribution in [0, 0.1) is 0 Å². The number of alkyl halides is 3. The van der Waals surface area contributed by atoms with Gasteiger partial charge in [0.1, 0.15) is 0 Å². The van der Waals surface area contributed by atoms with E-state index >= 15 is 0 Å². The van der Waals surface area contributed by atoms with Crippen molar-refractivity contribution in [3.05, 3.63) is 53.4 Å². The van der Waals surface area contributed by atoms with Crippen LogP contribution in [0.15, 0.2) is 35.1 Å². The number of amides is 1. The zero-order valence-electron chi connectivity index (χ0n) is 11.5. The van der Waals surface area contributed by atoms with Gasteiger partial charge in [0.25, 0.3) is 5.91 Å². The standard InChI is InChI=1S/C14H9F3N4O2/c15-14(16,17)8-2-1-7-3-9(13(18)22)11(20-10(7)4-8)5-12-21-19-6-23-12/h1-4,6H,5H2,(H2,18,22). The fourth-order valence-electron chi connectivity index (χ4n) is 2.15. The Hall–Kier alpha value is -2.97. The number of halogens is 3. The number of aromatic nitrogens is 3. The maximum atomic E-state index is 12.8. The van der Waals surface area contributed by atoms with Crippen LogP contribution in [0.2, 0.25) is 0 Å². The summed E-state index contributed by atoms with van der Waals surface area (Å²) < 4.78 is 43.3. The summed E-state index contributed by atoms with van der Waals surface area (Å²) >= 11 is 0. The van der Waals surface area contributed by atoms with E-state index in [1.165, 1.54) is 12.1 Å². The predicted octanol–water partition coefficient (Wildman–Crippen LogP) is 2.33. The molecular formula is C14H9F3N4O2. The first-order valence-corrected chi connectivity index (χ1v) is 6.40. The number of hydrogen-bond acceptors (Lipinski definition) is 5. The fraction of sp³-hybridized carbons (Fsp3) is 0.143. The van der Waals surface area contributed by atoms with E-state index in [0.29, 0.717) is 5.39 Å². The molecule has 3 aromatic rings. The van der Waals surface area contributed by atoms with Crippen LogP contribution >= 0.6 is 0 Å². The smallest absolute Gasteiger partial charge is 0.416 e. The van der Waals surface area contributed by atoms with Crippen molar-refractivity contribution in [2.45, 2.75) is 12.6 Å². The second-order valence-electron chi connectivity index (χ2n) is 4.76. The largest absolute Gasteiger partial charge is 0.428 e. The van der Waals surface area contributed by atoms with Gasteiger partial charge in [-0.2, -0.15) is 13.2 Å². The average Bonchev–Trinajstić information content (AvgIpc) is 2.97. The third kappa shape index (κ3) is 2.98. The highest BCUT2D eigenvalue weighted by atomic mass is 19.4. The van der Waals surface area contributed by atoms with Crippen molar-refractivity contribution in [1.29, 1.82) is 0 Å². The van der Waals surface area contributed by atoms with Gasteiger partial charge in [-0.1, -0.05) is 6.07 Å². The molecule has 0 unspecified atom stereocenters. The number of primary amides is 1. The molecule has 23 heavy (non-hydrogen) atoms. The number of nitrogens with two attached hydrogens (primary N) is 1. The molecule has 6 nitrogen and oxygen atoms in total. The highest BCUT2D eigenvalue weighted by Crippen LogP contribution is 2.31. The van der Waals surface area contributed by atoms with E-state index in [2.05, 4.69) is 15.2 Å². The summed E-state index contributed by atoms with van der Waals surface area (Å²) in [5.74, 6) is -0.569. The van der Waals surface area contributed by atoms with E-state index in [-0.39, 0.29) is 29.1 Å². The molecule has 0 fully saturated rings. The molecule has 0 bridgehead atoms. The molecule has 2 aromatic heterocycles. The van der Waals surface area contributed by atoms with Crippen LogP contribution in [0.4, 0.5) is 13.2 Å². The molecule has 1 aromatic carbocycles. The van der Waals surface area contributed by atoms with Gasteiger partial charge in [0.2, 0.25) is 12.3 Å². The van der Waals surface area contributed by atoms with Gasteiger partial charge in [-0.3, -0.25) is 9.78 Å². The number of pyridine rings is 1. The first-order valence-electron chi connectivity index (χ1n) is 6.40. The van der Waals surface area contributed by atoms with Crippen molar-refractivity contribution in [2.24, 2.45) is 5.73 Å². The normalized spacial score (nSPS) is 11.8. The van der Waals surface area contributed by atoms with E-state index in [4.69, 9.17) is 10.2 Å². The van der Waals surface area contributed by atoms with Crippen molar-refractivity contribution in [2.75, 3.05) is 0 Å². The monoisotopic (exact) mass is 322 g/mol. The molecule has 0 aliphatic carbocycles. The van der Waals surface area contributed by atoms with Crippen LogP contribution in [-0.4, -0.2) is 21.1 Å². The first kappa shape index (κ1) is 14.9. The second-order valence-corrected chi connectivity index (χ2v) is 4.76. The van der Waals surface area contributed by atoms with Gasteiger partial charge >= 0.3 is 6.18 Å². The summed E-state index contributed by atoms with van der Waals surface area (Å²) in [5, 5.41) is 7.53. The minimum atomic E-state index is -4.48. The zero-order valence-corrected chi connectivity index (χ0v) is 11.5. The average molecular weight is 322 g/mol. The number of carbonyl (C=O) groups excluding carboxylic acids is 1. The van der Waals surface area contributed by atoms with Crippen LogP contribution in [0.25, 0.3) is 10.9 Å². The molecule has 1 amide bonds. The van der Waals surface area contributed by atoms with E-state index in [0.717, 1.165) is 18.5 Å². The summed E-state index contributed by atoms with van der Waals surface area (Å²) in [4.78, 5) is 15.7. The fourth-order valence-corrected chi connectivity index (χ4v) is 2.15. The molecule has 2 heterocycles. The summed E-state index contributed by atoms with van der Waals surface area (Å²) in [6, 6.07) is 4.48. The van der Waals surface area contributed by atoms with Crippen LogP contribution in [0.3, 0.4) is 0 Å². The lowest BCUT2D eigenvalue weighted by Gasteiger charge is -2.10. The SMILES string of the molecule is NC(=O)c1cc2ccc(C(F)(F)F)cc2nc1Cc1nnco1. The van der Waals surface area contributed by atoms with Crippen molar-refractivity contribution < 1.29 is 22.4 Å². The van der Waals surface area contributed by atoms with Gasteiger partial charge in [-0.25, -0.2) is 0 Å². The van der Waals surface area contributed by atoms with E-state index < -0.39 is 17.6 Å². The third-order valence-electron chi connectivity index (χ3n) is 3.21. The van der Waals surface area contributed by atoms with Gasteiger partial charge < -0.3 is 10.2 Å². The minimum Gasteiger partial charge on any atom is -0.428 e. The summed E-state index contributed by atoms with van der Waals surface area (Å²) in [7, 11) is 0. The number of nitrogens with zero attached hydrogens (tertiary/aromatic N) is 3. The summed E-state index contributed by atoms with van der Waals surface area (Å²) in [6.45, 7) is 0. The Kier molecular flexibility index (Phi) is 3.47. The Bertz CT molecular complexity index is 876. The van der Waals surface area contributed by atoms with Crippen molar-refractivity contribution in [3.63, 3.8) is 0 Å². The molecule has 0 radical (unpaired) electrons. The van der Waals surface area contributed by atoms with Gasteiger partial charge in [0, 0.05) is 5.39 Å². The summed E-state index contributed by atoms with van der Waals surface area (Å²) in [5.41, 5.74) is 4.85. The number of rotatable bonds is 3. The van der Waals surface area contributed by atoms with Gasteiger partial charge in [-0.15, -0.1) is 10.2 Å². The molecule has 118 valence electrons. The van der Waals surface area contributed by atoms with Crippen molar-refractivity contribution in [3.8, 4) is 0 Å². The lowest BCUT2D eigenvalue weighted by Crippen LogP contribution is -2.15. The van der Waals surface area contributed by atoms with E-state index in [9.17, 15) is 18.0 Å². The molecule has 0 saturated carbocycles. The van der Waals surface area contributed by atoms with Gasteiger partial charge in [0.05, 0.1) is 28.8 Å². The predicted molar refractivity (Wildman–Crippen MR) is 72.4 cm³/mol. The molecule has 0 aliphatic rings. The van der Waals surface area contributed by atoms with E-state index in [1.807, 2.05) is 0 Å². The quantitative estimate of drug-likeness (QED) is 0.798. The summed E-state index contributed by atoms with van der Waals surface area (Å²) in [6.07, 6.45) is -3.39. The van der Waals surface area contributed by atoms with Crippen LogP contribution < -0.4 is 5.73 Å². The topological polar surface area (TPSA) is 94.9 Å². The maximum Gasteiger partial charge on any atom is 0.416 e. The van der Waals surface area contributed by atoms with Crippen LogP contribution in [0.1, 0.15) is 27.5 Å². The Balaban J connectivity index is 2.15. The lowest BCUT2D eigenvalue weighted by molar-refractivity contribution is -0.137. The molecule has 0 spiro atoms. The Labute approximate surface area is 127 Å². The maximum absolute atomic E-state index is 12.8. The number of carbonyl (C=O) groups is 1. The van der Waals surface area contributed by atoms with E-state index in [1.54, 1.807) is 0 Å². The van der Waals surface area contributed by atoms with Crippen LogP contribution in [0.5, 0.6) is 0 Å². The number of fused-ring (bicyclic) bond motifs is 1. The van der Waals surface area contributed by atoms with Crippen LogP contribution in [-0.2, 0) is 12.6 Å². The number of hydrogen-bond donors (Lipinski definition) is 1. The Morgan fingerprint density at radius 2 is 2.04 bits per heavy atom. The third-order valence-corrected chi connectivity index (χ3v) is 3.21. The van der Waals surface area contributed by atoms with Crippen molar-refractivity contribution in [1.82, 2.24) is 15.2 Å². The van der Waals surface area contributed by atoms with Gasteiger partial charge in [0.15, 0.2) is 0 Å². The Morgan fingerprint density at radius 3 is 2.65 bits per heavy atom. The molecule has 0 aliphatic heterocycles. The zero-order chi connectivity index (χ0) is 16.6. The van der Waals surface area contributed by atoms with Gasteiger partial charge in [-0.05, 0) is 18.2 Å². The molecule has 2 N–H and O–H groups in total. The second kappa shape index (κ2) is 5.34. The molecule has 0 saturated heterocycles. The lowest BCUT2D eigenvalue weighted by atomic mass is 10.0. The minimum absolute atomic E-state index is 0.00947. The number of benzene rings is 1.